The van der Waals surface area contributed by atoms with Crippen LogP contribution in [0.4, 0.5) is 9.59 Å². The van der Waals surface area contributed by atoms with Gasteiger partial charge in [0.1, 0.15) is 0 Å². The third kappa shape index (κ3) is 3.45. The van der Waals surface area contributed by atoms with E-state index in [1.165, 1.54) is 12.4 Å². The molecule has 0 amide bonds. The summed E-state index contributed by atoms with van der Waals surface area (Å²) in [5, 5.41) is 18.8. The van der Waals surface area contributed by atoms with Crippen molar-refractivity contribution in [2.75, 3.05) is 0 Å². The van der Waals surface area contributed by atoms with Crippen LogP contribution in [-0.4, -0.2) is 41.5 Å². The lowest BCUT2D eigenvalue weighted by Crippen LogP contribution is -2.08. The van der Waals surface area contributed by atoms with Gasteiger partial charge in [-0.15, -0.1) is 0 Å². The summed E-state index contributed by atoms with van der Waals surface area (Å²) >= 11 is 0. The lowest BCUT2D eigenvalue weighted by molar-refractivity contribution is 0.192. The lowest BCUT2D eigenvalue weighted by Gasteiger charge is -2.01. The van der Waals surface area contributed by atoms with E-state index in [4.69, 9.17) is 10.2 Å². The molecular weight excluding hydrogens is 328 g/mol. The van der Waals surface area contributed by atoms with Crippen LogP contribution in [-0.2, 0) is 12.8 Å². The van der Waals surface area contributed by atoms with Crippen molar-refractivity contribution in [2.45, 2.75) is 37.0 Å². The number of hydrogen-bond acceptors (Lipinski definition) is 6. The standard InChI is InChI=1S/C12H14N4O4S2/c1-3-7-5-15(11(17)18)9(13-7)21-22-10-14-8(4-2)6-16(10)12(19)20/h5-6H,3-4H2,1-2H3,(H,17,18)(H,19,20). The largest absolute Gasteiger partial charge is 0.464 e. The second-order valence-electron chi connectivity index (χ2n) is 4.21. The minimum Gasteiger partial charge on any atom is -0.464 e. The molecule has 0 fully saturated rings. The Balaban J connectivity index is 2.23. The van der Waals surface area contributed by atoms with Gasteiger partial charge >= 0.3 is 12.2 Å². The molecule has 0 saturated carbocycles. The van der Waals surface area contributed by atoms with E-state index in [0.29, 0.717) is 24.2 Å². The fraction of sp³-hybridized carbons (Fsp3) is 0.333. The predicted octanol–water partition coefficient (Wildman–Crippen LogP) is 3.06. The van der Waals surface area contributed by atoms with E-state index in [9.17, 15) is 9.59 Å². The van der Waals surface area contributed by atoms with Crippen molar-refractivity contribution in [3.05, 3.63) is 23.8 Å². The Kier molecular flexibility index (Phi) is 5.14. The highest BCUT2D eigenvalue weighted by molar-refractivity contribution is 8.76. The average molecular weight is 342 g/mol. The first-order valence-corrected chi connectivity index (χ1v) is 8.58. The normalized spacial score (nSPS) is 10.8. The Hall–Kier alpha value is -1.94. The van der Waals surface area contributed by atoms with Crippen molar-refractivity contribution >= 4 is 33.8 Å². The minimum atomic E-state index is -1.13. The molecule has 0 unspecified atom stereocenters. The highest BCUT2D eigenvalue weighted by Crippen LogP contribution is 2.36. The van der Waals surface area contributed by atoms with Crippen molar-refractivity contribution in [3.63, 3.8) is 0 Å². The molecule has 0 aromatic carbocycles. The van der Waals surface area contributed by atoms with Gasteiger partial charge in [0.05, 0.1) is 11.4 Å². The molecule has 118 valence electrons. The van der Waals surface area contributed by atoms with E-state index in [1.807, 2.05) is 13.8 Å². The molecule has 10 heteroatoms. The first-order chi connectivity index (χ1) is 10.5. The maximum atomic E-state index is 11.2. The number of nitrogens with zero attached hydrogens (tertiary/aromatic N) is 4. The Morgan fingerprint density at radius 2 is 1.32 bits per heavy atom. The van der Waals surface area contributed by atoms with E-state index in [-0.39, 0.29) is 10.3 Å². The van der Waals surface area contributed by atoms with Crippen LogP contribution in [0.2, 0.25) is 0 Å². The Bertz CT molecular complexity index is 650. The number of rotatable bonds is 5. The summed E-state index contributed by atoms with van der Waals surface area (Å²) in [5.74, 6) is 0. The Morgan fingerprint density at radius 3 is 1.59 bits per heavy atom. The van der Waals surface area contributed by atoms with Gasteiger partial charge in [-0.1, -0.05) is 13.8 Å². The van der Waals surface area contributed by atoms with Gasteiger partial charge in [0.15, 0.2) is 10.3 Å². The number of aryl methyl sites for hydroxylation is 2. The van der Waals surface area contributed by atoms with Gasteiger partial charge in [0.2, 0.25) is 0 Å². The smallest absolute Gasteiger partial charge is 0.417 e. The highest BCUT2D eigenvalue weighted by Gasteiger charge is 2.18. The van der Waals surface area contributed by atoms with Crippen LogP contribution in [0.5, 0.6) is 0 Å². The number of aromatic nitrogens is 4. The van der Waals surface area contributed by atoms with Crippen LogP contribution in [0.3, 0.4) is 0 Å². The van der Waals surface area contributed by atoms with Crippen molar-refractivity contribution in [1.82, 2.24) is 19.1 Å². The SMILES string of the molecule is CCc1cn(C(=O)O)c(SSc2nc(CC)cn2C(=O)O)n1. The molecule has 0 aliphatic heterocycles. The molecule has 0 bridgehead atoms. The van der Waals surface area contributed by atoms with E-state index in [0.717, 1.165) is 30.7 Å². The van der Waals surface area contributed by atoms with E-state index >= 15 is 0 Å². The van der Waals surface area contributed by atoms with Gasteiger partial charge in [0.25, 0.3) is 0 Å². The van der Waals surface area contributed by atoms with E-state index in [1.54, 1.807) is 0 Å². The topological polar surface area (TPSA) is 110 Å². The maximum absolute atomic E-state index is 11.2. The molecule has 0 saturated heterocycles. The summed E-state index contributed by atoms with van der Waals surface area (Å²) in [4.78, 5) is 30.8. The lowest BCUT2D eigenvalue weighted by atomic mass is 10.4. The fourth-order valence-corrected chi connectivity index (χ4v) is 3.66. The summed E-state index contributed by atoms with van der Waals surface area (Å²) in [6.45, 7) is 3.75. The zero-order valence-corrected chi connectivity index (χ0v) is 13.5. The zero-order chi connectivity index (χ0) is 16.3. The second kappa shape index (κ2) is 6.88. The predicted molar refractivity (Wildman–Crippen MR) is 81.8 cm³/mol. The molecule has 2 heterocycles. The van der Waals surface area contributed by atoms with Crippen LogP contribution in [0.25, 0.3) is 0 Å². The molecule has 2 N–H and O–H groups in total. The fourth-order valence-electron chi connectivity index (χ4n) is 1.63. The van der Waals surface area contributed by atoms with Crippen LogP contribution in [0, 0.1) is 0 Å². The summed E-state index contributed by atoms with van der Waals surface area (Å²) < 4.78 is 2.04. The number of carboxylic acid groups (broad SMARTS) is 2. The zero-order valence-electron chi connectivity index (χ0n) is 11.9. The van der Waals surface area contributed by atoms with Crippen molar-refractivity contribution in [2.24, 2.45) is 0 Å². The first-order valence-electron chi connectivity index (χ1n) is 6.43. The monoisotopic (exact) mass is 342 g/mol. The van der Waals surface area contributed by atoms with Crippen LogP contribution >= 0.6 is 21.6 Å². The minimum absolute atomic E-state index is 0.271. The first kappa shape index (κ1) is 16.4. The van der Waals surface area contributed by atoms with Crippen molar-refractivity contribution in [1.29, 1.82) is 0 Å². The van der Waals surface area contributed by atoms with Crippen LogP contribution in [0.1, 0.15) is 25.2 Å². The van der Waals surface area contributed by atoms with Gasteiger partial charge in [-0.05, 0) is 34.4 Å². The van der Waals surface area contributed by atoms with E-state index < -0.39 is 12.2 Å². The van der Waals surface area contributed by atoms with Gasteiger partial charge in [-0.2, -0.15) is 0 Å². The summed E-state index contributed by atoms with van der Waals surface area (Å²) in [5.41, 5.74) is 1.31. The molecule has 2 rings (SSSR count). The molecule has 0 radical (unpaired) electrons. The molecule has 2 aromatic rings. The molecule has 0 atom stereocenters. The van der Waals surface area contributed by atoms with Crippen molar-refractivity contribution in [3.8, 4) is 0 Å². The highest BCUT2D eigenvalue weighted by atomic mass is 33.1. The number of hydrogen-bond donors (Lipinski definition) is 2. The third-order valence-electron chi connectivity index (χ3n) is 2.77. The molecule has 0 aliphatic rings. The molecular formula is C12H14N4O4S2. The summed E-state index contributed by atoms with van der Waals surface area (Å²) in [7, 11) is 2.12. The molecule has 0 aliphatic carbocycles. The molecule has 8 nitrogen and oxygen atoms in total. The van der Waals surface area contributed by atoms with Crippen molar-refractivity contribution < 1.29 is 19.8 Å². The summed E-state index contributed by atoms with van der Waals surface area (Å²) in [6, 6.07) is 0. The summed E-state index contributed by atoms with van der Waals surface area (Å²) in [6.07, 6.45) is 1.86. The van der Waals surface area contributed by atoms with Gasteiger partial charge < -0.3 is 10.2 Å². The average Bonchev–Trinajstić information content (AvgIpc) is 3.08. The molecule has 22 heavy (non-hydrogen) atoms. The maximum Gasteiger partial charge on any atom is 0.417 e. The quantitative estimate of drug-likeness (QED) is 0.798. The Morgan fingerprint density at radius 1 is 0.955 bits per heavy atom. The van der Waals surface area contributed by atoms with Crippen LogP contribution in [0.15, 0.2) is 22.7 Å². The van der Waals surface area contributed by atoms with Gasteiger partial charge in [-0.25, -0.2) is 28.7 Å². The van der Waals surface area contributed by atoms with Gasteiger partial charge in [-0.3, -0.25) is 0 Å². The van der Waals surface area contributed by atoms with Gasteiger partial charge in [0, 0.05) is 12.4 Å². The number of carbonyl (C=O) groups is 2. The molecule has 0 spiro atoms. The number of imidazole rings is 2. The van der Waals surface area contributed by atoms with Crippen LogP contribution < -0.4 is 0 Å². The second-order valence-corrected chi connectivity index (χ2v) is 6.27. The Labute approximate surface area is 134 Å². The third-order valence-corrected chi connectivity index (χ3v) is 4.88. The van der Waals surface area contributed by atoms with E-state index in [2.05, 4.69) is 9.97 Å². The molecule has 2 aromatic heterocycles.